The zero-order valence-corrected chi connectivity index (χ0v) is 22.0. The molecule has 0 bridgehead atoms. The fourth-order valence-electron chi connectivity index (χ4n) is 2.80. The van der Waals surface area contributed by atoms with Crippen LogP contribution in [0.25, 0.3) is 0 Å². The van der Waals surface area contributed by atoms with Gasteiger partial charge in [-0.15, -0.1) is 0 Å². The molecule has 0 aliphatic carbocycles. The Kier molecular flexibility index (Phi) is 11.0. The highest BCUT2D eigenvalue weighted by Crippen LogP contribution is 2.26. The number of aryl methyl sites for hydroxylation is 1. The average Bonchev–Trinajstić information content (AvgIpc) is 2.80. The number of hydrogen-bond donors (Lipinski definition) is 2. The zero-order valence-electron chi connectivity index (χ0n) is 19.8. The molecule has 1 atom stereocenters. The Morgan fingerprint density at radius 2 is 1.79 bits per heavy atom. The number of nitrogens with one attached hydrogen (secondary N) is 2. The highest BCUT2D eigenvalue weighted by atomic mass is 127. The average molecular weight is 585 g/mol. The van der Waals surface area contributed by atoms with E-state index in [1.807, 2.05) is 33.0 Å². The summed E-state index contributed by atoms with van der Waals surface area (Å²) in [7, 11) is 1.99. The number of carbonyl (C=O) groups is 2. The molecule has 0 radical (unpaired) electrons. The van der Waals surface area contributed by atoms with Gasteiger partial charge in [-0.05, 0) is 45.4 Å². The maximum absolute atomic E-state index is 14.0. The van der Waals surface area contributed by atoms with Gasteiger partial charge in [0.15, 0.2) is 13.2 Å². The van der Waals surface area contributed by atoms with E-state index in [1.54, 1.807) is 23.0 Å². The van der Waals surface area contributed by atoms with Crippen LogP contribution in [0.5, 0.6) is 11.5 Å². The van der Waals surface area contributed by atoms with E-state index in [-0.39, 0.29) is 37.7 Å². The first-order valence-corrected chi connectivity index (χ1v) is 11.7. The third-order valence-electron chi connectivity index (χ3n) is 5.06. The van der Waals surface area contributed by atoms with Crippen molar-refractivity contribution in [2.45, 2.75) is 39.0 Å². The number of benzene rings is 1. The van der Waals surface area contributed by atoms with Gasteiger partial charge >= 0.3 is 0 Å². The van der Waals surface area contributed by atoms with E-state index in [9.17, 15) is 14.0 Å². The number of amides is 2. The largest absolute Gasteiger partial charge is 0.484 e. The van der Waals surface area contributed by atoms with Crippen molar-refractivity contribution < 1.29 is 26.5 Å². The van der Waals surface area contributed by atoms with Crippen molar-refractivity contribution in [1.29, 1.82) is 0 Å². The highest BCUT2D eigenvalue weighted by Gasteiger charge is 2.20. The molecular weight excluding hydrogens is 555 g/mol. The van der Waals surface area contributed by atoms with Gasteiger partial charge in [0.05, 0.1) is 12.3 Å². The maximum atomic E-state index is 14.0. The van der Waals surface area contributed by atoms with Crippen LogP contribution in [0.2, 0.25) is 0 Å². The summed E-state index contributed by atoms with van der Waals surface area (Å²) < 4.78 is 30.3. The van der Waals surface area contributed by atoms with Gasteiger partial charge in [0.1, 0.15) is 48.0 Å². The van der Waals surface area contributed by atoms with Crippen LogP contribution in [0.4, 0.5) is 4.39 Å². The van der Waals surface area contributed by atoms with E-state index in [0.717, 1.165) is 11.0 Å². The molecule has 2 amide bonds. The molecule has 0 aliphatic heterocycles. The van der Waals surface area contributed by atoms with Crippen LogP contribution in [0, 0.1) is 6.92 Å². The minimum absolute atomic E-state index is 0.0814. The van der Waals surface area contributed by atoms with E-state index in [2.05, 4.69) is 15.6 Å². The lowest BCUT2D eigenvalue weighted by atomic mass is 9.91. The first kappa shape index (κ1) is 27.8. The van der Waals surface area contributed by atoms with E-state index in [4.69, 9.17) is 12.5 Å². The second-order valence-electron chi connectivity index (χ2n) is 8.36. The van der Waals surface area contributed by atoms with Gasteiger partial charge in [0, 0.05) is 24.8 Å². The quantitative estimate of drug-likeness (QED) is 0.275. The van der Waals surface area contributed by atoms with Crippen molar-refractivity contribution >= 4 is 48.1 Å². The molecule has 2 rings (SSSR count). The molecule has 1 aromatic carbocycles. The number of pyridine rings is 1. The van der Waals surface area contributed by atoms with E-state index < -0.39 is 5.67 Å². The van der Waals surface area contributed by atoms with Gasteiger partial charge in [0.2, 0.25) is 0 Å². The van der Waals surface area contributed by atoms with Crippen molar-refractivity contribution in [2.24, 2.45) is 0 Å². The number of hydrogen-bond acceptors (Lipinski definition) is 6. The standard InChI is InChI=1S/C23H30BFIN3O5/c1-15-4-5-17(9-20(15)24)32-13-21(30)28-7-6-18(34-26)12-29-22(31)14-33-19-8-16(10-27-11-19)23(2,3)25/h4-5,8-11,18H,6-7,12-14,24H2,1-3H3,(H,28,30)(H,29,31). The summed E-state index contributed by atoms with van der Waals surface area (Å²) in [6.07, 6.45) is 3.04. The van der Waals surface area contributed by atoms with Crippen molar-refractivity contribution in [2.75, 3.05) is 26.3 Å². The highest BCUT2D eigenvalue weighted by molar-refractivity contribution is 14.1. The van der Waals surface area contributed by atoms with Crippen molar-refractivity contribution in [1.82, 2.24) is 15.6 Å². The minimum Gasteiger partial charge on any atom is -0.484 e. The summed E-state index contributed by atoms with van der Waals surface area (Å²) in [5.74, 6) is 0.364. The van der Waals surface area contributed by atoms with Crippen LogP contribution in [0.15, 0.2) is 36.7 Å². The van der Waals surface area contributed by atoms with E-state index >= 15 is 0 Å². The van der Waals surface area contributed by atoms with Crippen LogP contribution in [-0.4, -0.2) is 57.1 Å². The lowest BCUT2D eigenvalue weighted by Crippen LogP contribution is -2.38. The molecule has 184 valence electrons. The Hall–Kier alpha value is -2.41. The molecule has 0 spiro atoms. The lowest BCUT2D eigenvalue weighted by molar-refractivity contribution is -0.124. The summed E-state index contributed by atoms with van der Waals surface area (Å²) in [6.45, 7) is 5.15. The molecule has 0 fully saturated rings. The number of nitrogens with zero attached hydrogens (tertiary/aromatic N) is 1. The smallest absolute Gasteiger partial charge is 0.258 e. The molecule has 1 heterocycles. The zero-order chi connectivity index (χ0) is 25.1. The molecule has 1 aromatic heterocycles. The fraction of sp³-hybridized carbons (Fsp3) is 0.435. The van der Waals surface area contributed by atoms with Crippen LogP contribution in [-0.2, 0) is 18.3 Å². The maximum Gasteiger partial charge on any atom is 0.258 e. The molecule has 34 heavy (non-hydrogen) atoms. The molecule has 2 aromatic rings. The van der Waals surface area contributed by atoms with Crippen LogP contribution < -0.4 is 25.6 Å². The van der Waals surface area contributed by atoms with Crippen LogP contribution in [0.1, 0.15) is 31.4 Å². The number of rotatable bonds is 13. The minimum atomic E-state index is -1.55. The Labute approximate surface area is 214 Å². The van der Waals surface area contributed by atoms with Crippen LogP contribution in [0.3, 0.4) is 0 Å². The number of aromatic nitrogens is 1. The van der Waals surface area contributed by atoms with Gasteiger partial charge in [-0.2, -0.15) is 0 Å². The summed E-state index contributed by atoms with van der Waals surface area (Å²) in [5, 5.41) is 5.49. The second kappa shape index (κ2) is 13.5. The third kappa shape index (κ3) is 9.84. The van der Waals surface area contributed by atoms with Crippen molar-refractivity contribution in [3.63, 3.8) is 0 Å². The first-order chi connectivity index (χ1) is 16.1. The van der Waals surface area contributed by atoms with Gasteiger partial charge < -0.3 is 23.2 Å². The Morgan fingerprint density at radius 3 is 2.44 bits per heavy atom. The molecular formula is C23H30BFIN3O5. The topological polar surface area (TPSA) is 98.8 Å². The summed E-state index contributed by atoms with van der Waals surface area (Å²) in [4.78, 5) is 28.0. The SMILES string of the molecule is Bc1cc(OCC(=O)NCCC(CNC(=O)COc2cncc(C(C)(C)F)c2)OI)ccc1C. The molecule has 0 aliphatic rings. The first-order valence-electron chi connectivity index (χ1n) is 10.9. The van der Waals surface area contributed by atoms with E-state index in [0.29, 0.717) is 30.0 Å². The Bertz CT molecular complexity index is 974. The Morgan fingerprint density at radius 1 is 1.12 bits per heavy atom. The number of halogens is 2. The molecule has 1 unspecified atom stereocenters. The third-order valence-corrected chi connectivity index (χ3v) is 5.78. The van der Waals surface area contributed by atoms with Gasteiger partial charge in [0.25, 0.3) is 11.8 Å². The Balaban J connectivity index is 1.65. The molecule has 11 heteroatoms. The normalized spacial score (nSPS) is 12.0. The summed E-state index contributed by atoms with van der Waals surface area (Å²) >= 11 is 1.76. The molecule has 2 N–H and O–H groups in total. The fourth-order valence-corrected chi connectivity index (χ4v) is 3.24. The summed E-state index contributed by atoms with van der Waals surface area (Å²) in [6, 6.07) is 7.19. The summed E-state index contributed by atoms with van der Waals surface area (Å²) in [5.41, 5.74) is 1.07. The van der Waals surface area contributed by atoms with Crippen LogP contribution >= 0.6 is 23.0 Å². The molecule has 0 saturated carbocycles. The van der Waals surface area contributed by atoms with E-state index in [1.165, 1.54) is 32.3 Å². The van der Waals surface area contributed by atoms with Crippen molar-refractivity contribution in [3.8, 4) is 11.5 Å². The lowest BCUT2D eigenvalue weighted by Gasteiger charge is -2.16. The molecule has 8 nitrogen and oxygen atoms in total. The second-order valence-corrected chi connectivity index (χ2v) is 8.87. The number of carbonyl (C=O) groups excluding carboxylic acids is 2. The predicted octanol–water partition coefficient (Wildman–Crippen LogP) is 1.67. The predicted molar refractivity (Wildman–Crippen MR) is 138 cm³/mol. The van der Waals surface area contributed by atoms with Crippen molar-refractivity contribution in [3.05, 3.63) is 47.8 Å². The number of ether oxygens (including phenoxy) is 2. The van der Waals surface area contributed by atoms with Gasteiger partial charge in [-0.1, -0.05) is 17.1 Å². The van der Waals surface area contributed by atoms with Gasteiger partial charge in [-0.25, -0.2) is 4.39 Å². The van der Waals surface area contributed by atoms with Gasteiger partial charge in [-0.3, -0.25) is 14.6 Å². The monoisotopic (exact) mass is 585 g/mol. The molecule has 0 saturated heterocycles. The number of alkyl halides is 1.